The van der Waals surface area contributed by atoms with Crippen LogP contribution in [0.25, 0.3) is 0 Å². The Hall–Kier alpha value is -4.05. The highest BCUT2D eigenvalue weighted by molar-refractivity contribution is 7.92. The molecule has 0 aliphatic rings. The van der Waals surface area contributed by atoms with E-state index in [0.717, 1.165) is 21.9 Å². The predicted octanol–water partition coefficient (Wildman–Crippen LogP) is 4.54. The summed E-state index contributed by atoms with van der Waals surface area (Å²) in [4.78, 5) is 28.6. The van der Waals surface area contributed by atoms with Gasteiger partial charge in [-0.2, -0.15) is 0 Å². The smallest absolute Gasteiger partial charge is 0.264 e. The Labute approximate surface area is 243 Å². The van der Waals surface area contributed by atoms with Gasteiger partial charge in [0.05, 0.1) is 24.8 Å². The fraction of sp³-hybridized carbons (Fsp3) is 0.355. The van der Waals surface area contributed by atoms with Gasteiger partial charge in [0, 0.05) is 18.7 Å². The molecule has 0 aliphatic heterocycles. The normalized spacial score (nSPS) is 12.6. The van der Waals surface area contributed by atoms with Crippen molar-refractivity contribution in [2.24, 2.45) is 0 Å². The molecule has 41 heavy (non-hydrogen) atoms. The van der Waals surface area contributed by atoms with Crippen LogP contribution in [0, 0.1) is 6.92 Å². The number of hydrogen-bond acceptors (Lipinski definition) is 6. The second-order valence-electron chi connectivity index (χ2n) is 9.87. The quantitative estimate of drug-likeness (QED) is 0.318. The van der Waals surface area contributed by atoms with Crippen molar-refractivity contribution >= 4 is 27.5 Å². The highest BCUT2D eigenvalue weighted by atomic mass is 32.2. The predicted molar refractivity (Wildman–Crippen MR) is 160 cm³/mol. The van der Waals surface area contributed by atoms with Gasteiger partial charge in [-0.25, -0.2) is 8.42 Å². The van der Waals surface area contributed by atoms with Gasteiger partial charge in [-0.1, -0.05) is 55.0 Å². The van der Waals surface area contributed by atoms with Crippen LogP contribution in [0.3, 0.4) is 0 Å². The van der Waals surface area contributed by atoms with Crippen molar-refractivity contribution in [1.82, 2.24) is 10.2 Å². The Bertz CT molecular complexity index is 1430. The number of aryl methyl sites for hydroxylation is 1. The molecule has 0 aliphatic carbocycles. The summed E-state index contributed by atoms with van der Waals surface area (Å²) in [6, 6.07) is 19.2. The third-order valence-electron chi connectivity index (χ3n) is 6.91. The summed E-state index contributed by atoms with van der Waals surface area (Å²) in [6.07, 6.45) is 0.729. The molecular weight excluding hydrogens is 542 g/mol. The maximum Gasteiger partial charge on any atom is 0.264 e. The molecule has 2 atom stereocenters. The van der Waals surface area contributed by atoms with Crippen molar-refractivity contribution < 1.29 is 27.5 Å². The summed E-state index contributed by atoms with van der Waals surface area (Å²) in [5.74, 6) is -0.130. The molecule has 10 heteroatoms. The van der Waals surface area contributed by atoms with Crippen molar-refractivity contribution in [3.05, 3.63) is 83.9 Å². The molecule has 0 radical (unpaired) electrons. The Morgan fingerprint density at radius 3 is 2.12 bits per heavy atom. The molecule has 3 rings (SSSR count). The Morgan fingerprint density at radius 1 is 0.902 bits per heavy atom. The number of rotatable bonds is 13. The Balaban J connectivity index is 2.06. The molecule has 0 unspecified atom stereocenters. The van der Waals surface area contributed by atoms with Gasteiger partial charge in [0.25, 0.3) is 10.0 Å². The number of sulfonamides is 1. The zero-order chi connectivity index (χ0) is 30.2. The van der Waals surface area contributed by atoms with Crippen LogP contribution in [0.4, 0.5) is 5.69 Å². The average Bonchev–Trinajstić information content (AvgIpc) is 2.98. The first-order valence-corrected chi connectivity index (χ1v) is 14.9. The number of benzene rings is 3. The minimum atomic E-state index is -4.19. The fourth-order valence-electron chi connectivity index (χ4n) is 4.17. The van der Waals surface area contributed by atoms with Crippen LogP contribution in [-0.2, 0) is 26.2 Å². The second kappa shape index (κ2) is 14.0. The third kappa shape index (κ3) is 7.79. The lowest BCUT2D eigenvalue weighted by molar-refractivity contribution is -0.139. The van der Waals surface area contributed by atoms with E-state index in [1.807, 2.05) is 45.0 Å². The van der Waals surface area contributed by atoms with E-state index in [1.165, 1.54) is 37.3 Å². The molecular formula is C31H39N3O6S. The van der Waals surface area contributed by atoms with E-state index in [1.54, 1.807) is 37.3 Å². The summed E-state index contributed by atoms with van der Waals surface area (Å²) < 4.78 is 39.6. The molecule has 0 aromatic heterocycles. The molecule has 2 amide bonds. The van der Waals surface area contributed by atoms with E-state index < -0.39 is 28.5 Å². The van der Waals surface area contributed by atoms with Crippen LogP contribution < -0.4 is 19.1 Å². The number of nitrogens with zero attached hydrogens (tertiary/aromatic N) is 2. The SMILES string of the molecule is CC[C@H](C)NC(=O)[C@@H](C)N(Cc1ccc(C)cc1)C(=O)CN(c1ccc(OC)c(OC)c1)S(=O)(=O)c1ccccc1. The van der Waals surface area contributed by atoms with Crippen molar-refractivity contribution in [3.8, 4) is 11.5 Å². The van der Waals surface area contributed by atoms with Gasteiger partial charge in [0.2, 0.25) is 11.8 Å². The number of anilines is 1. The van der Waals surface area contributed by atoms with E-state index in [-0.39, 0.29) is 29.1 Å². The van der Waals surface area contributed by atoms with E-state index in [4.69, 9.17) is 9.47 Å². The first kappa shape index (κ1) is 31.5. The maximum absolute atomic E-state index is 14.0. The van der Waals surface area contributed by atoms with Crippen LogP contribution >= 0.6 is 0 Å². The maximum atomic E-state index is 14.0. The molecule has 0 fully saturated rings. The zero-order valence-corrected chi connectivity index (χ0v) is 25.3. The standard InChI is InChI=1S/C31H39N3O6S/c1-7-23(3)32-31(36)24(4)33(20-25-15-13-22(2)14-16-25)30(35)21-34(41(37,38)27-11-9-8-10-12-27)26-17-18-28(39-5)29(19-26)40-6/h8-19,23-24H,7,20-21H2,1-6H3,(H,32,36)/t23-,24+/m0/s1. The minimum Gasteiger partial charge on any atom is -0.493 e. The third-order valence-corrected chi connectivity index (χ3v) is 8.70. The van der Waals surface area contributed by atoms with Crippen molar-refractivity contribution in [2.75, 3.05) is 25.1 Å². The Morgan fingerprint density at radius 2 is 1.54 bits per heavy atom. The monoisotopic (exact) mass is 581 g/mol. The first-order valence-electron chi connectivity index (χ1n) is 13.5. The molecule has 1 N–H and O–H groups in total. The largest absolute Gasteiger partial charge is 0.493 e. The fourth-order valence-corrected chi connectivity index (χ4v) is 5.59. The molecule has 0 saturated carbocycles. The number of carbonyl (C=O) groups is 2. The molecule has 3 aromatic rings. The van der Waals surface area contributed by atoms with Gasteiger partial charge in [-0.3, -0.25) is 13.9 Å². The number of ether oxygens (including phenoxy) is 2. The van der Waals surface area contributed by atoms with Gasteiger partial charge in [-0.15, -0.1) is 0 Å². The summed E-state index contributed by atoms with van der Waals surface area (Å²) in [5.41, 5.74) is 2.09. The van der Waals surface area contributed by atoms with E-state index in [9.17, 15) is 18.0 Å². The molecule has 0 bridgehead atoms. The molecule has 0 spiro atoms. The molecule has 0 heterocycles. The van der Waals surface area contributed by atoms with E-state index in [0.29, 0.717) is 11.5 Å². The van der Waals surface area contributed by atoms with Crippen molar-refractivity contribution in [2.45, 2.75) is 57.6 Å². The van der Waals surface area contributed by atoms with E-state index >= 15 is 0 Å². The summed E-state index contributed by atoms with van der Waals surface area (Å²) >= 11 is 0. The van der Waals surface area contributed by atoms with Gasteiger partial charge in [0.15, 0.2) is 11.5 Å². The van der Waals surface area contributed by atoms with Gasteiger partial charge < -0.3 is 19.7 Å². The van der Waals surface area contributed by atoms with Crippen molar-refractivity contribution in [1.29, 1.82) is 0 Å². The highest BCUT2D eigenvalue weighted by Crippen LogP contribution is 2.34. The van der Waals surface area contributed by atoms with Crippen molar-refractivity contribution in [3.63, 3.8) is 0 Å². The number of hydrogen-bond donors (Lipinski definition) is 1. The van der Waals surface area contributed by atoms with Gasteiger partial charge in [-0.05, 0) is 57.0 Å². The highest BCUT2D eigenvalue weighted by Gasteiger charge is 2.33. The van der Waals surface area contributed by atoms with Gasteiger partial charge in [0.1, 0.15) is 12.6 Å². The minimum absolute atomic E-state index is 0.0234. The van der Waals surface area contributed by atoms with E-state index in [2.05, 4.69) is 5.32 Å². The van der Waals surface area contributed by atoms with Gasteiger partial charge >= 0.3 is 0 Å². The van der Waals surface area contributed by atoms with Crippen LogP contribution in [0.1, 0.15) is 38.3 Å². The van der Waals surface area contributed by atoms with Crippen LogP contribution in [0.2, 0.25) is 0 Å². The molecule has 9 nitrogen and oxygen atoms in total. The summed E-state index contributed by atoms with van der Waals surface area (Å²) in [7, 11) is -1.26. The topological polar surface area (TPSA) is 105 Å². The van der Waals surface area contributed by atoms with Crippen LogP contribution in [0.5, 0.6) is 11.5 Å². The second-order valence-corrected chi connectivity index (χ2v) is 11.7. The number of nitrogens with one attached hydrogen (secondary N) is 1. The van der Waals surface area contributed by atoms with Crippen LogP contribution in [0.15, 0.2) is 77.7 Å². The lowest BCUT2D eigenvalue weighted by Crippen LogP contribution is -2.52. The van der Waals surface area contributed by atoms with Crippen LogP contribution in [-0.4, -0.2) is 58.0 Å². The number of carbonyl (C=O) groups excluding carboxylic acids is 2. The lowest BCUT2D eigenvalue weighted by Gasteiger charge is -2.32. The molecule has 220 valence electrons. The molecule has 3 aromatic carbocycles. The first-order chi connectivity index (χ1) is 19.5. The number of amides is 2. The Kier molecular flexibility index (Phi) is 10.8. The summed E-state index contributed by atoms with van der Waals surface area (Å²) in [6.45, 7) is 7.04. The lowest BCUT2D eigenvalue weighted by atomic mass is 10.1. The molecule has 0 saturated heterocycles. The zero-order valence-electron chi connectivity index (χ0n) is 24.5. The number of methoxy groups -OCH3 is 2. The average molecular weight is 582 g/mol. The summed E-state index contributed by atoms with van der Waals surface area (Å²) in [5, 5.41) is 2.93.